The van der Waals surface area contributed by atoms with Crippen molar-refractivity contribution in [2.75, 3.05) is 6.26 Å². The third-order valence-corrected chi connectivity index (χ3v) is 1.76. The third-order valence-electron chi connectivity index (χ3n) is 1.12. The molecule has 0 aromatic rings. The van der Waals surface area contributed by atoms with Crippen molar-refractivity contribution in [3.05, 3.63) is 0 Å². The zero-order valence-corrected chi connectivity index (χ0v) is 7.64. The second-order valence-corrected chi connectivity index (χ2v) is 3.86. The molecule has 1 atom stereocenters. The van der Waals surface area contributed by atoms with Crippen LogP contribution in [0.5, 0.6) is 0 Å². The van der Waals surface area contributed by atoms with Gasteiger partial charge in [-0.25, -0.2) is 0 Å². The molecule has 0 rings (SSSR count). The zero-order chi connectivity index (χ0) is 9.07. The van der Waals surface area contributed by atoms with E-state index in [0.29, 0.717) is 0 Å². The van der Waals surface area contributed by atoms with Crippen molar-refractivity contribution in [3.8, 4) is 0 Å². The fraction of sp³-hybridized carbons (Fsp3) is 0.833. The van der Waals surface area contributed by atoms with E-state index in [0.717, 1.165) is 6.26 Å². The van der Waals surface area contributed by atoms with Gasteiger partial charge in [-0.2, -0.15) is 8.42 Å². The highest BCUT2D eigenvalue weighted by Gasteiger charge is 2.16. The molecule has 0 aliphatic carbocycles. The molecule has 0 saturated heterocycles. The molecule has 0 saturated carbocycles. The van der Waals surface area contributed by atoms with E-state index in [1.807, 2.05) is 0 Å². The lowest BCUT2D eigenvalue weighted by atomic mass is 10.2. The summed E-state index contributed by atoms with van der Waals surface area (Å²) < 4.78 is 25.4. The second kappa shape index (κ2) is 3.82. The van der Waals surface area contributed by atoms with E-state index in [9.17, 15) is 13.2 Å². The fourth-order valence-corrected chi connectivity index (χ4v) is 1.24. The Morgan fingerprint density at radius 3 is 2.27 bits per heavy atom. The summed E-state index contributed by atoms with van der Waals surface area (Å²) >= 11 is 0. The average Bonchev–Trinajstić information content (AvgIpc) is 1.82. The first-order chi connectivity index (χ1) is 4.87. The number of Topliss-reactive ketones (excluding diaryl/α,β-unsaturated/α-hetero) is 1. The van der Waals surface area contributed by atoms with Gasteiger partial charge in [-0.1, -0.05) is 6.92 Å². The van der Waals surface area contributed by atoms with Gasteiger partial charge in [0.2, 0.25) is 0 Å². The van der Waals surface area contributed by atoms with Gasteiger partial charge in [0, 0.05) is 6.42 Å². The highest BCUT2D eigenvalue weighted by Crippen LogP contribution is 2.00. The Balaban J connectivity index is 4.09. The van der Waals surface area contributed by atoms with Gasteiger partial charge in [-0.3, -0.25) is 8.98 Å². The summed E-state index contributed by atoms with van der Waals surface area (Å²) in [6, 6.07) is 0. The minimum atomic E-state index is -3.50. The maximum absolute atomic E-state index is 10.8. The summed E-state index contributed by atoms with van der Waals surface area (Å²) in [7, 11) is -3.50. The van der Waals surface area contributed by atoms with Gasteiger partial charge in [0.1, 0.15) is 6.10 Å². The van der Waals surface area contributed by atoms with Gasteiger partial charge in [-0.05, 0) is 6.92 Å². The Hall–Kier alpha value is -0.420. The van der Waals surface area contributed by atoms with E-state index in [-0.39, 0.29) is 12.2 Å². The summed E-state index contributed by atoms with van der Waals surface area (Å²) in [5.74, 6) is -0.213. The van der Waals surface area contributed by atoms with E-state index in [2.05, 4.69) is 4.18 Å². The monoisotopic (exact) mass is 180 g/mol. The van der Waals surface area contributed by atoms with Crippen molar-refractivity contribution in [1.29, 1.82) is 0 Å². The Kier molecular flexibility index (Phi) is 3.68. The van der Waals surface area contributed by atoms with Gasteiger partial charge in [0.25, 0.3) is 10.1 Å². The van der Waals surface area contributed by atoms with Gasteiger partial charge < -0.3 is 0 Å². The van der Waals surface area contributed by atoms with Crippen molar-refractivity contribution >= 4 is 15.9 Å². The van der Waals surface area contributed by atoms with Crippen molar-refractivity contribution in [3.63, 3.8) is 0 Å². The van der Waals surface area contributed by atoms with Crippen LogP contribution in [-0.4, -0.2) is 26.6 Å². The molecule has 5 heteroatoms. The molecule has 0 aromatic carbocycles. The van der Waals surface area contributed by atoms with E-state index >= 15 is 0 Å². The zero-order valence-electron chi connectivity index (χ0n) is 6.83. The Labute approximate surface area is 66.7 Å². The molecular formula is C6H12O4S. The summed E-state index contributed by atoms with van der Waals surface area (Å²) in [4.78, 5) is 10.8. The molecule has 0 aliphatic heterocycles. The first-order valence-corrected chi connectivity index (χ1v) is 5.09. The Morgan fingerprint density at radius 1 is 1.55 bits per heavy atom. The predicted octanol–water partition coefficient (Wildman–Crippen LogP) is 0.330. The molecule has 0 spiro atoms. The summed E-state index contributed by atoms with van der Waals surface area (Å²) in [6.45, 7) is 3.08. The van der Waals surface area contributed by atoms with E-state index in [1.54, 1.807) is 6.92 Å². The average molecular weight is 180 g/mol. The van der Waals surface area contributed by atoms with Crippen LogP contribution >= 0.6 is 0 Å². The lowest BCUT2D eigenvalue weighted by Crippen LogP contribution is -2.22. The topological polar surface area (TPSA) is 60.4 Å². The molecule has 0 aromatic heterocycles. The molecule has 66 valence electrons. The molecular weight excluding hydrogens is 168 g/mol. The number of hydrogen-bond acceptors (Lipinski definition) is 4. The maximum Gasteiger partial charge on any atom is 0.265 e. The number of carbonyl (C=O) groups excluding carboxylic acids is 1. The molecule has 4 nitrogen and oxygen atoms in total. The normalized spacial score (nSPS) is 14.5. The molecule has 0 amide bonds. The number of hydrogen-bond donors (Lipinski definition) is 0. The van der Waals surface area contributed by atoms with Crippen molar-refractivity contribution in [2.45, 2.75) is 26.4 Å². The van der Waals surface area contributed by atoms with Crippen LogP contribution in [0.25, 0.3) is 0 Å². The van der Waals surface area contributed by atoms with Crippen LogP contribution in [0.2, 0.25) is 0 Å². The highest BCUT2D eigenvalue weighted by atomic mass is 32.2. The third kappa shape index (κ3) is 4.92. The molecule has 0 radical (unpaired) electrons. The first-order valence-electron chi connectivity index (χ1n) is 3.27. The van der Waals surface area contributed by atoms with Gasteiger partial charge >= 0.3 is 0 Å². The van der Waals surface area contributed by atoms with Crippen LogP contribution < -0.4 is 0 Å². The summed E-state index contributed by atoms with van der Waals surface area (Å²) in [6.07, 6.45) is 0.360. The SMILES string of the molecule is CCC(=O)C(C)OS(C)(=O)=O. The second-order valence-electron chi connectivity index (χ2n) is 2.26. The van der Waals surface area contributed by atoms with E-state index in [4.69, 9.17) is 0 Å². The molecule has 0 aliphatic rings. The quantitative estimate of drug-likeness (QED) is 0.585. The van der Waals surface area contributed by atoms with Crippen LogP contribution in [0.1, 0.15) is 20.3 Å². The Morgan fingerprint density at radius 2 is 2.00 bits per heavy atom. The van der Waals surface area contributed by atoms with Crippen LogP contribution in [0.15, 0.2) is 0 Å². The number of rotatable bonds is 4. The van der Waals surface area contributed by atoms with Crippen LogP contribution in [-0.2, 0) is 19.1 Å². The molecule has 0 N–H and O–H groups in total. The number of ketones is 1. The summed E-state index contributed by atoms with van der Waals surface area (Å²) in [5.41, 5.74) is 0. The molecule has 0 bridgehead atoms. The van der Waals surface area contributed by atoms with E-state index in [1.165, 1.54) is 6.92 Å². The van der Waals surface area contributed by atoms with Crippen molar-refractivity contribution < 1.29 is 17.4 Å². The first kappa shape index (κ1) is 10.6. The van der Waals surface area contributed by atoms with Crippen LogP contribution in [0, 0.1) is 0 Å². The van der Waals surface area contributed by atoms with Crippen molar-refractivity contribution in [2.24, 2.45) is 0 Å². The smallest absolute Gasteiger partial charge is 0.265 e. The van der Waals surface area contributed by atoms with Gasteiger partial charge in [0.05, 0.1) is 6.26 Å². The minimum Gasteiger partial charge on any atom is -0.297 e. The Bertz CT molecular complexity index is 229. The van der Waals surface area contributed by atoms with Gasteiger partial charge in [0.15, 0.2) is 5.78 Å². The van der Waals surface area contributed by atoms with Crippen molar-refractivity contribution in [1.82, 2.24) is 0 Å². The standard InChI is InChI=1S/C6H12O4S/c1-4-6(7)5(2)10-11(3,8)9/h5H,4H2,1-3H3. The molecule has 1 unspecified atom stereocenters. The van der Waals surface area contributed by atoms with Crippen LogP contribution in [0.4, 0.5) is 0 Å². The molecule has 11 heavy (non-hydrogen) atoms. The van der Waals surface area contributed by atoms with Gasteiger partial charge in [-0.15, -0.1) is 0 Å². The minimum absolute atomic E-state index is 0.213. The molecule has 0 fully saturated rings. The van der Waals surface area contributed by atoms with E-state index < -0.39 is 16.2 Å². The maximum atomic E-state index is 10.8. The summed E-state index contributed by atoms with van der Waals surface area (Å²) in [5, 5.41) is 0. The number of carbonyl (C=O) groups is 1. The lowest BCUT2D eigenvalue weighted by molar-refractivity contribution is -0.124. The lowest BCUT2D eigenvalue weighted by Gasteiger charge is -2.07. The van der Waals surface area contributed by atoms with Crippen LogP contribution in [0.3, 0.4) is 0 Å². The predicted molar refractivity (Wildman–Crippen MR) is 40.7 cm³/mol. The fourth-order valence-electron chi connectivity index (χ4n) is 0.603. The largest absolute Gasteiger partial charge is 0.297 e. The molecule has 0 heterocycles. The highest BCUT2D eigenvalue weighted by molar-refractivity contribution is 7.86.